The standard InChI is InChI=1S/C19H16N2OS.H2/c1-19-10-14-16(19)17(11-6-2-4-8-13(11)22-14)20-18-21(19)12-7-3-5-9-15(12)23-18;/h2-9,14,16-17H,10H2,1H3;1H/t14?,16?,17-,19?;/m0./s1. The Kier molecular flexibility index (Phi) is 2.13. The van der Waals surface area contributed by atoms with Gasteiger partial charge in [-0.15, -0.1) is 0 Å². The first-order valence-electron chi connectivity index (χ1n) is 8.16. The monoisotopic (exact) mass is 322 g/mol. The van der Waals surface area contributed by atoms with Crippen LogP contribution >= 0.6 is 11.8 Å². The largest absolute Gasteiger partial charge is 0.489 e. The van der Waals surface area contributed by atoms with Gasteiger partial charge in [0, 0.05) is 24.2 Å². The Labute approximate surface area is 140 Å². The summed E-state index contributed by atoms with van der Waals surface area (Å²) in [5, 5.41) is 1.16. The van der Waals surface area contributed by atoms with Crippen LogP contribution in [-0.4, -0.2) is 16.8 Å². The molecule has 2 aromatic rings. The van der Waals surface area contributed by atoms with Crippen molar-refractivity contribution in [2.75, 3.05) is 4.90 Å². The average molecular weight is 322 g/mol. The first-order chi connectivity index (χ1) is 11.3. The van der Waals surface area contributed by atoms with Crippen molar-refractivity contribution in [3.63, 3.8) is 0 Å². The van der Waals surface area contributed by atoms with Crippen LogP contribution in [0.25, 0.3) is 0 Å². The summed E-state index contributed by atoms with van der Waals surface area (Å²) in [7, 11) is 0. The Morgan fingerprint density at radius 3 is 3.00 bits per heavy atom. The molecule has 3 nitrogen and oxygen atoms in total. The normalized spacial score (nSPS) is 35.1. The van der Waals surface area contributed by atoms with Gasteiger partial charge in [0.25, 0.3) is 0 Å². The van der Waals surface area contributed by atoms with E-state index >= 15 is 0 Å². The van der Waals surface area contributed by atoms with Gasteiger partial charge < -0.3 is 9.64 Å². The molecule has 2 aromatic carbocycles. The third-order valence-corrected chi connectivity index (χ3v) is 6.88. The summed E-state index contributed by atoms with van der Waals surface area (Å²) in [6, 6.07) is 17.3. The van der Waals surface area contributed by atoms with Crippen LogP contribution in [0.3, 0.4) is 0 Å². The summed E-state index contributed by atoms with van der Waals surface area (Å²) in [6.45, 7) is 2.38. The van der Waals surface area contributed by atoms with Crippen molar-refractivity contribution in [2.24, 2.45) is 10.9 Å². The van der Waals surface area contributed by atoms with Crippen LogP contribution in [0, 0.1) is 5.92 Å². The molecule has 4 aliphatic rings. The molecule has 0 spiro atoms. The van der Waals surface area contributed by atoms with E-state index in [-0.39, 0.29) is 13.0 Å². The molecule has 4 atom stereocenters. The topological polar surface area (TPSA) is 24.8 Å². The van der Waals surface area contributed by atoms with E-state index in [4.69, 9.17) is 9.73 Å². The van der Waals surface area contributed by atoms with Crippen LogP contribution in [0.2, 0.25) is 0 Å². The van der Waals surface area contributed by atoms with Crippen molar-refractivity contribution in [2.45, 2.75) is 35.9 Å². The number of hydrogen-bond donors (Lipinski definition) is 0. The first kappa shape index (κ1) is 12.5. The molecule has 3 unspecified atom stereocenters. The highest BCUT2D eigenvalue weighted by Crippen LogP contribution is 2.62. The molecule has 6 rings (SSSR count). The number of para-hydroxylation sites is 2. The smallest absolute Gasteiger partial charge is 0.169 e. The molecule has 116 valence electrons. The number of benzene rings is 2. The molecular weight excluding hydrogens is 304 g/mol. The molecule has 23 heavy (non-hydrogen) atoms. The highest BCUT2D eigenvalue weighted by molar-refractivity contribution is 8.14. The van der Waals surface area contributed by atoms with E-state index < -0.39 is 0 Å². The van der Waals surface area contributed by atoms with Gasteiger partial charge in [-0.2, -0.15) is 0 Å². The van der Waals surface area contributed by atoms with Crippen LogP contribution in [0.15, 0.2) is 58.4 Å². The van der Waals surface area contributed by atoms with Gasteiger partial charge in [-0.1, -0.05) is 30.3 Å². The fourth-order valence-corrected chi connectivity index (χ4v) is 5.99. The van der Waals surface area contributed by atoms with Crippen molar-refractivity contribution in [1.82, 2.24) is 0 Å². The first-order valence-corrected chi connectivity index (χ1v) is 8.98. The number of aliphatic imine (C=N–C) groups is 1. The van der Waals surface area contributed by atoms with Crippen molar-refractivity contribution in [3.05, 3.63) is 54.1 Å². The molecule has 1 aliphatic carbocycles. The number of thioether (sulfide) groups is 1. The zero-order chi connectivity index (χ0) is 15.2. The fraction of sp³-hybridized carbons (Fsp3) is 0.316. The molecule has 4 heteroatoms. The van der Waals surface area contributed by atoms with Crippen molar-refractivity contribution in [1.29, 1.82) is 0 Å². The summed E-state index contributed by atoms with van der Waals surface area (Å²) in [5.74, 6) is 1.46. The summed E-state index contributed by atoms with van der Waals surface area (Å²) < 4.78 is 6.27. The second kappa shape index (κ2) is 3.93. The maximum absolute atomic E-state index is 6.27. The minimum Gasteiger partial charge on any atom is -0.489 e. The molecule has 3 heterocycles. The van der Waals surface area contributed by atoms with Gasteiger partial charge >= 0.3 is 0 Å². The van der Waals surface area contributed by atoms with Crippen LogP contribution in [0.4, 0.5) is 5.69 Å². The lowest BCUT2D eigenvalue weighted by Gasteiger charge is -2.62. The van der Waals surface area contributed by atoms with E-state index in [1.54, 1.807) is 0 Å². The molecule has 0 radical (unpaired) electrons. The summed E-state index contributed by atoms with van der Waals surface area (Å²) in [6.07, 6.45) is 1.36. The van der Waals surface area contributed by atoms with Crippen molar-refractivity contribution < 1.29 is 6.16 Å². The molecule has 0 N–H and O–H groups in total. The zero-order valence-corrected chi connectivity index (χ0v) is 13.6. The Morgan fingerprint density at radius 1 is 1.22 bits per heavy atom. The summed E-state index contributed by atoms with van der Waals surface area (Å²) >= 11 is 1.81. The predicted octanol–water partition coefficient (Wildman–Crippen LogP) is 4.50. The van der Waals surface area contributed by atoms with Crippen molar-refractivity contribution in [3.8, 4) is 5.75 Å². The van der Waals surface area contributed by atoms with E-state index in [1.165, 1.54) is 16.1 Å². The Bertz CT molecular complexity index is 885. The van der Waals surface area contributed by atoms with Crippen LogP contribution in [0.1, 0.15) is 26.4 Å². The second-order valence-corrected chi connectivity index (χ2v) is 8.05. The van der Waals surface area contributed by atoms with Crippen LogP contribution < -0.4 is 9.64 Å². The van der Waals surface area contributed by atoms with Crippen LogP contribution in [0.5, 0.6) is 5.75 Å². The van der Waals surface area contributed by atoms with E-state index in [2.05, 4.69) is 60.4 Å². The number of amidine groups is 1. The van der Waals surface area contributed by atoms with E-state index in [9.17, 15) is 0 Å². The quantitative estimate of drug-likeness (QED) is 0.714. The average Bonchev–Trinajstić information content (AvgIpc) is 2.92. The van der Waals surface area contributed by atoms with Gasteiger partial charge in [-0.25, -0.2) is 0 Å². The molecule has 0 amide bonds. The van der Waals surface area contributed by atoms with Gasteiger partial charge in [0.05, 0.1) is 17.3 Å². The zero-order valence-electron chi connectivity index (χ0n) is 12.8. The fourth-order valence-electron chi connectivity index (χ4n) is 4.82. The molecule has 1 saturated carbocycles. The SMILES string of the molecule is CC12CC3Oc4ccccc4[C@H](N=C4Sc5ccccc5N41)C32.[HH]. The predicted molar refractivity (Wildman–Crippen MR) is 94.4 cm³/mol. The lowest BCUT2D eigenvalue weighted by molar-refractivity contribution is -0.0574. The summed E-state index contributed by atoms with van der Waals surface area (Å²) in [5.41, 5.74) is 2.68. The second-order valence-electron chi connectivity index (χ2n) is 7.04. The lowest BCUT2D eigenvalue weighted by Crippen LogP contribution is -2.71. The Hall–Kier alpha value is -1.94. The van der Waals surface area contributed by atoms with Gasteiger partial charge in [-0.05, 0) is 36.9 Å². The van der Waals surface area contributed by atoms with E-state index in [0.29, 0.717) is 12.0 Å². The minimum absolute atomic E-state index is 0. The number of nitrogens with zero attached hydrogens (tertiary/aromatic N) is 2. The molecule has 3 aliphatic heterocycles. The number of anilines is 1. The van der Waals surface area contributed by atoms with Crippen LogP contribution in [-0.2, 0) is 0 Å². The minimum atomic E-state index is 0. The Morgan fingerprint density at radius 2 is 2.04 bits per heavy atom. The third-order valence-electron chi connectivity index (χ3n) is 5.85. The van der Waals surface area contributed by atoms with Gasteiger partial charge in [0.15, 0.2) is 5.17 Å². The number of ether oxygens (including phenoxy) is 1. The maximum Gasteiger partial charge on any atom is 0.169 e. The molecule has 0 saturated heterocycles. The van der Waals surface area contributed by atoms with Gasteiger partial charge in [0.1, 0.15) is 11.9 Å². The number of hydrogen-bond acceptors (Lipinski definition) is 4. The van der Waals surface area contributed by atoms with E-state index in [1.807, 2.05) is 11.8 Å². The summed E-state index contributed by atoms with van der Waals surface area (Å²) in [4.78, 5) is 8.97. The maximum atomic E-state index is 6.27. The Balaban J connectivity index is 0.00000131. The third kappa shape index (κ3) is 1.37. The highest BCUT2D eigenvalue weighted by atomic mass is 32.2. The molecular formula is C19H18N2OS. The lowest BCUT2D eigenvalue weighted by atomic mass is 9.58. The number of fused-ring (bicyclic) bond motifs is 6. The molecule has 1 fully saturated rings. The van der Waals surface area contributed by atoms with E-state index in [0.717, 1.165) is 17.3 Å². The van der Waals surface area contributed by atoms with Gasteiger partial charge in [0.2, 0.25) is 0 Å². The highest BCUT2D eigenvalue weighted by Gasteiger charge is 2.65. The van der Waals surface area contributed by atoms with Gasteiger partial charge in [-0.3, -0.25) is 4.99 Å². The molecule has 0 bridgehead atoms. The number of rotatable bonds is 0. The molecule has 0 aromatic heterocycles. The van der Waals surface area contributed by atoms with Crippen molar-refractivity contribution >= 4 is 22.6 Å².